The molecule has 0 spiro atoms. The average molecular weight is 344 g/mol. The van der Waals surface area contributed by atoms with Crippen LogP contribution in [-0.4, -0.2) is 19.9 Å². The van der Waals surface area contributed by atoms with Crippen molar-refractivity contribution in [2.45, 2.75) is 6.54 Å². The molecule has 6 nitrogen and oxygen atoms in total. The predicted octanol–water partition coefficient (Wildman–Crippen LogP) is 3.31. The quantitative estimate of drug-likeness (QED) is 0.555. The molecule has 0 fully saturated rings. The minimum atomic E-state index is -0.530. The van der Waals surface area contributed by atoms with Gasteiger partial charge in [0, 0.05) is 12.7 Å². The first kappa shape index (κ1) is 15.8. The molecular formula is C20H16N4O2. The molecular weight excluding hydrogens is 328 g/mol. The number of nitrogens with one attached hydrogen (secondary N) is 1. The highest BCUT2D eigenvalue weighted by Gasteiger charge is 2.19. The lowest BCUT2D eigenvalue weighted by atomic mass is 10.0. The standard InChI is InChI=1S/C20H16N4O2/c25-20-17(15-9-5-2-6-10-15)18(22-11-14-7-3-1-4-8-14)16-12-21-13-23-19(16)24(20)26/h1-10,12-13,22,26H,11H2. The molecule has 0 radical (unpaired) electrons. The number of hydrogen-bond acceptors (Lipinski definition) is 5. The van der Waals surface area contributed by atoms with E-state index in [-0.39, 0.29) is 5.65 Å². The van der Waals surface area contributed by atoms with Gasteiger partial charge in [0.25, 0.3) is 5.56 Å². The van der Waals surface area contributed by atoms with Gasteiger partial charge in [-0.05, 0) is 11.1 Å². The molecule has 2 aromatic carbocycles. The molecule has 0 saturated heterocycles. The van der Waals surface area contributed by atoms with Gasteiger partial charge in [-0.1, -0.05) is 60.7 Å². The van der Waals surface area contributed by atoms with E-state index >= 15 is 0 Å². The Balaban J connectivity index is 1.93. The number of fused-ring (bicyclic) bond motifs is 1. The van der Waals surface area contributed by atoms with E-state index in [1.54, 1.807) is 6.20 Å². The summed E-state index contributed by atoms with van der Waals surface area (Å²) in [6.45, 7) is 0.527. The third-order valence-electron chi connectivity index (χ3n) is 4.19. The Hall–Kier alpha value is -3.67. The molecule has 128 valence electrons. The minimum Gasteiger partial charge on any atom is -0.423 e. The maximum Gasteiger partial charge on any atom is 0.294 e. The first-order valence-electron chi connectivity index (χ1n) is 8.17. The zero-order valence-corrected chi connectivity index (χ0v) is 13.8. The van der Waals surface area contributed by atoms with Crippen LogP contribution in [0.2, 0.25) is 0 Å². The molecule has 2 N–H and O–H groups in total. The van der Waals surface area contributed by atoms with Gasteiger partial charge in [0.2, 0.25) is 0 Å². The highest BCUT2D eigenvalue weighted by atomic mass is 16.5. The number of nitrogens with zero attached hydrogens (tertiary/aromatic N) is 3. The third-order valence-corrected chi connectivity index (χ3v) is 4.19. The smallest absolute Gasteiger partial charge is 0.294 e. The van der Waals surface area contributed by atoms with Gasteiger partial charge >= 0.3 is 0 Å². The average Bonchev–Trinajstić information content (AvgIpc) is 2.71. The van der Waals surface area contributed by atoms with Gasteiger partial charge < -0.3 is 10.5 Å². The Bertz CT molecular complexity index is 1110. The van der Waals surface area contributed by atoms with Gasteiger partial charge in [0.15, 0.2) is 5.65 Å². The van der Waals surface area contributed by atoms with Crippen molar-refractivity contribution in [3.8, 4) is 11.1 Å². The van der Waals surface area contributed by atoms with E-state index in [2.05, 4.69) is 15.3 Å². The van der Waals surface area contributed by atoms with Crippen LogP contribution in [0.25, 0.3) is 22.2 Å². The monoisotopic (exact) mass is 344 g/mol. The lowest BCUT2D eigenvalue weighted by Gasteiger charge is -2.16. The third kappa shape index (κ3) is 2.77. The van der Waals surface area contributed by atoms with Crippen LogP contribution in [-0.2, 0) is 6.54 Å². The number of hydrogen-bond donors (Lipinski definition) is 2. The highest BCUT2D eigenvalue weighted by molar-refractivity contribution is 5.97. The fourth-order valence-electron chi connectivity index (χ4n) is 2.95. The van der Waals surface area contributed by atoms with E-state index in [9.17, 15) is 10.0 Å². The molecule has 4 rings (SSSR count). The number of rotatable bonds is 4. The Morgan fingerprint density at radius 3 is 2.42 bits per heavy atom. The highest BCUT2D eigenvalue weighted by Crippen LogP contribution is 2.30. The van der Waals surface area contributed by atoms with E-state index in [1.807, 2.05) is 60.7 Å². The molecule has 6 heteroatoms. The van der Waals surface area contributed by atoms with Crippen LogP contribution in [0.5, 0.6) is 0 Å². The number of benzene rings is 2. The molecule has 0 unspecified atom stereocenters. The van der Waals surface area contributed by atoms with Crippen LogP contribution >= 0.6 is 0 Å². The molecule has 2 heterocycles. The SMILES string of the molecule is O=c1c(-c2ccccc2)c(NCc2ccccc2)c2cncnc2n1O. The first-order chi connectivity index (χ1) is 12.8. The van der Waals surface area contributed by atoms with Gasteiger partial charge in [-0.3, -0.25) is 4.79 Å². The van der Waals surface area contributed by atoms with E-state index in [0.29, 0.717) is 33.5 Å². The summed E-state index contributed by atoms with van der Waals surface area (Å²) < 4.78 is 0.576. The van der Waals surface area contributed by atoms with Crippen molar-refractivity contribution in [1.29, 1.82) is 0 Å². The van der Waals surface area contributed by atoms with Crippen molar-refractivity contribution in [3.63, 3.8) is 0 Å². The van der Waals surface area contributed by atoms with Gasteiger partial charge in [0.05, 0.1) is 16.6 Å². The fourth-order valence-corrected chi connectivity index (χ4v) is 2.95. The molecule has 0 amide bonds. The van der Waals surface area contributed by atoms with Gasteiger partial charge in [-0.2, -0.15) is 0 Å². The van der Waals surface area contributed by atoms with E-state index < -0.39 is 5.56 Å². The van der Waals surface area contributed by atoms with Crippen molar-refractivity contribution < 1.29 is 5.21 Å². The van der Waals surface area contributed by atoms with Gasteiger partial charge in [-0.25, -0.2) is 9.97 Å². The molecule has 0 bridgehead atoms. The van der Waals surface area contributed by atoms with Crippen molar-refractivity contribution >= 4 is 16.7 Å². The van der Waals surface area contributed by atoms with Gasteiger partial charge in [-0.15, -0.1) is 4.73 Å². The molecule has 2 aromatic heterocycles. The zero-order valence-electron chi connectivity index (χ0n) is 13.8. The van der Waals surface area contributed by atoms with E-state index in [4.69, 9.17) is 0 Å². The lowest BCUT2D eigenvalue weighted by Crippen LogP contribution is -2.23. The minimum absolute atomic E-state index is 0.167. The fraction of sp³-hybridized carbons (Fsp3) is 0.0500. The summed E-state index contributed by atoms with van der Waals surface area (Å²) in [6, 6.07) is 19.1. The number of pyridine rings is 1. The van der Waals surface area contributed by atoms with Crippen molar-refractivity contribution in [2.75, 3.05) is 5.32 Å². The maximum absolute atomic E-state index is 12.8. The van der Waals surface area contributed by atoms with Crippen molar-refractivity contribution in [1.82, 2.24) is 14.7 Å². The topological polar surface area (TPSA) is 80.0 Å². The Morgan fingerprint density at radius 1 is 1.00 bits per heavy atom. The lowest BCUT2D eigenvalue weighted by molar-refractivity contribution is 0.187. The van der Waals surface area contributed by atoms with Crippen LogP contribution < -0.4 is 10.9 Å². The predicted molar refractivity (Wildman–Crippen MR) is 100 cm³/mol. The summed E-state index contributed by atoms with van der Waals surface area (Å²) in [6.07, 6.45) is 2.89. The molecule has 0 aliphatic heterocycles. The Kier molecular flexibility index (Phi) is 4.07. The molecule has 0 saturated carbocycles. The second-order valence-corrected chi connectivity index (χ2v) is 5.83. The Morgan fingerprint density at radius 2 is 1.69 bits per heavy atom. The summed E-state index contributed by atoms with van der Waals surface area (Å²) in [5.41, 5.74) is 2.40. The molecule has 26 heavy (non-hydrogen) atoms. The molecule has 4 aromatic rings. The number of aromatic nitrogens is 3. The molecule has 0 aliphatic carbocycles. The summed E-state index contributed by atoms with van der Waals surface area (Å²) in [7, 11) is 0. The Labute approximate surface area is 149 Å². The van der Waals surface area contributed by atoms with E-state index in [1.165, 1.54) is 6.33 Å². The summed E-state index contributed by atoms with van der Waals surface area (Å²) >= 11 is 0. The second kappa shape index (κ2) is 6.68. The second-order valence-electron chi connectivity index (χ2n) is 5.83. The maximum atomic E-state index is 12.8. The summed E-state index contributed by atoms with van der Waals surface area (Å²) in [4.78, 5) is 20.9. The van der Waals surface area contributed by atoms with Crippen molar-refractivity contribution in [2.24, 2.45) is 0 Å². The van der Waals surface area contributed by atoms with Crippen LogP contribution in [0.1, 0.15) is 5.56 Å². The summed E-state index contributed by atoms with van der Waals surface area (Å²) in [5.74, 6) is 0. The summed E-state index contributed by atoms with van der Waals surface area (Å²) in [5, 5.41) is 14.2. The normalized spacial score (nSPS) is 10.8. The molecule has 0 aliphatic rings. The van der Waals surface area contributed by atoms with Crippen LogP contribution in [0.3, 0.4) is 0 Å². The van der Waals surface area contributed by atoms with Crippen molar-refractivity contribution in [3.05, 3.63) is 89.1 Å². The molecule has 0 atom stereocenters. The van der Waals surface area contributed by atoms with Crippen LogP contribution in [0, 0.1) is 0 Å². The zero-order chi connectivity index (χ0) is 17.9. The van der Waals surface area contributed by atoms with Crippen LogP contribution in [0.4, 0.5) is 5.69 Å². The largest absolute Gasteiger partial charge is 0.423 e. The first-order valence-corrected chi connectivity index (χ1v) is 8.17. The van der Waals surface area contributed by atoms with Crippen LogP contribution in [0.15, 0.2) is 78.0 Å². The van der Waals surface area contributed by atoms with E-state index in [0.717, 1.165) is 5.56 Å². The van der Waals surface area contributed by atoms with Gasteiger partial charge in [0.1, 0.15) is 6.33 Å². The number of anilines is 1.